The summed E-state index contributed by atoms with van der Waals surface area (Å²) in [6, 6.07) is 12.7. The van der Waals surface area contributed by atoms with Gasteiger partial charge in [-0.2, -0.15) is 0 Å². The van der Waals surface area contributed by atoms with Gasteiger partial charge in [0.2, 0.25) is 0 Å². The van der Waals surface area contributed by atoms with Crippen LogP contribution in [0.5, 0.6) is 17.2 Å². The Hall–Kier alpha value is -3.08. The fourth-order valence-electron chi connectivity index (χ4n) is 2.60. The lowest BCUT2D eigenvalue weighted by Crippen LogP contribution is -2.10. The second kappa shape index (κ2) is 7.87. The zero-order valence-electron chi connectivity index (χ0n) is 15.1. The number of carbonyl (C=O) groups excluding carboxylic acids is 1. The summed E-state index contributed by atoms with van der Waals surface area (Å²) in [6.07, 6.45) is 2.59. The fraction of sp³-hybridized carbons (Fsp3) is 0.238. The minimum Gasteiger partial charge on any atom is -0.497 e. The van der Waals surface area contributed by atoms with Crippen LogP contribution in [0.1, 0.15) is 29.8 Å². The van der Waals surface area contributed by atoms with E-state index >= 15 is 0 Å². The molecule has 0 saturated heterocycles. The van der Waals surface area contributed by atoms with Crippen LogP contribution < -0.4 is 14.2 Å². The second-order valence-electron chi connectivity index (χ2n) is 6.14. The van der Waals surface area contributed by atoms with Crippen LogP contribution in [0.3, 0.4) is 0 Å². The maximum Gasteiger partial charge on any atom is 0.150 e. The maximum absolute atomic E-state index is 10.7. The van der Waals surface area contributed by atoms with Gasteiger partial charge < -0.3 is 14.2 Å². The molecule has 0 saturated carbocycles. The van der Waals surface area contributed by atoms with Gasteiger partial charge in [0, 0.05) is 17.1 Å². The molecule has 2 aromatic carbocycles. The van der Waals surface area contributed by atoms with Crippen LogP contribution in [0.4, 0.5) is 0 Å². The Labute approximate surface area is 152 Å². The van der Waals surface area contributed by atoms with E-state index in [1.165, 1.54) is 0 Å². The molecule has 0 radical (unpaired) electrons. The monoisotopic (exact) mass is 351 g/mol. The van der Waals surface area contributed by atoms with Crippen molar-refractivity contribution in [3.05, 3.63) is 59.8 Å². The lowest BCUT2D eigenvalue weighted by molar-refractivity contribution is 0.112. The molecule has 0 aliphatic carbocycles. The van der Waals surface area contributed by atoms with Gasteiger partial charge >= 0.3 is 0 Å². The van der Waals surface area contributed by atoms with Crippen molar-refractivity contribution >= 4 is 17.2 Å². The van der Waals surface area contributed by atoms with E-state index in [4.69, 9.17) is 14.2 Å². The van der Waals surface area contributed by atoms with E-state index in [-0.39, 0.29) is 6.10 Å². The van der Waals surface area contributed by atoms with E-state index in [2.05, 4.69) is 4.98 Å². The molecule has 0 aliphatic heterocycles. The first-order valence-electron chi connectivity index (χ1n) is 8.41. The number of nitrogens with zero attached hydrogens (tertiary/aromatic N) is 1. The molecule has 26 heavy (non-hydrogen) atoms. The topological polar surface area (TPSA) is 57.7 Å². The highest BCUT2D eigenvalue weighted by Gasteiger charge is 2.14. The van der Waals surface area contributed by atoms with Crippen LogP contribution in [-0.2, 0) is 6.61 Å². The summed E-state index contributed by atoms with van der Waals surface area (Å²) in [5.41, 5.74) is 2.29. The van der Waals surface area contributed by atoms with E-state index in [9.17, 15) is 4.79 Å². The second-order valence-corrected chi connectivity index (χ2v) is 6.14. The molecule has 0 spiro atoms. The molecule has 0 unspecified atom stereocenters. The van der Waals surface area contributed by atoms with Gasteiger partial charge in [0.05, 0.1) is 24.3 Å². The normalized spacial score (nSPS) is 10.8. The van der Waals surface area contributed by atoms with Gasteiger partial charge in [-0.15, -0.1) is 0 Å². The van der Waals surface area contributed by atoms with Crippen molar-refractivity contribution in [2.45, 2.75) is 26.6 Å². The Balaban J connectivity index is 1.93. The van der Waals surface area contributed by atoms with E-state index in [1.54, 1.807) is 37.6 Å². The molecule has 1 heterocycles. The molecule has 3 aromatic rings. The number of hydrogen-bond acceptors (Lipinski definition) is 5. The Morgan fingerprint density at radius 3 is 2.46 bits per heavy atom. The standard InChI is InChI=1S/C21H21NO4/c1-14(2)26-21-16(13-25-17-6-4-15(12-23)5-7-17)11-22-20-9-8-18(24-3)10-19(20)21/h4-12,14H,13H2,1-3H3. The molecule has 1 aromatic heterocycles. The molecular formula is C21H21NO4. The van der Waals surface area contributed by atoms with Crippen molar-refractivity contribution in [1.82, 2.24) is 4.98 Å². The average molecular weight is 351 g/mol. The lowest BCUT2D eigenvalue weighted by atomic mass is 10.1. The molecule has 5 heteroatoms. The number of ether oxygens (including phenoxy) is 3. The molecule has 0 fully saturated rings. The van der Waals surface area contributed by atoms with Crippen molar-refractivity contribution in [3.63, 3.8) is 0 Å². The number of fused-ring (bicyclic) bond motifs is 1. The summed E-state index contributed by atoms with van der Waals surface area (Å²) in [4.78, 5) is 15.2. The van der Waals surface area contributed by atoms with Crippen molar-refractivity contribution in [1.29, 1.82) is 0 Å². The predicted octanol–water partition coefficient (Wildman–Crippen LogP) is 4.42. The number of aldehydes is 1. The van der Waals surface area contributed by atoms with Crippen LogP contribution in [0.15, 0.2) is 48.7 Å². The van der Waals surface area contributed by atoms with Gasteiger partial charge in [0.1, 0.15) is 30.1 Å². The number of aromatic nitrogens is 1. The van der Waals surface area contributed by atoms with Crippen molar-refractivity contribution in [2.75, 3.05) is 7.11 Å². The van der Waals surface area contributed by atoms with Gasteiger partial charge in [-0.25, -0.2) is 0 Å². The first-order valence-corrected chi connectivity index (χ1v) is 8.41. The predicted molar refractivity (Wildman–Crippen MR) is 100 cm³/mol. The van der Waals surface area contributed by atoms with Crippen molar-refractivity contribution in [3.8, 4) is 17.2 Å². The number of hydrogen-bond donors (Lipinski definition) is 0. The Kier molecular flexibility index (Phi) is 5.37. The number of carbonyl (C=O) groups is 1. The van der Waals surface area contributed by atoms with Crippen LogP contribution in [-0.4, -0.2) is 24.5 Å². The highest BCUT2D eigenvalue weighted by molar-refractivity contribution is 5.87. The van der Waals surface area contributed by atoms with E-state index < -0.39 is 0 Å². The smallest absolute Gasteiger partial charge is 0.150 e. The summed E-state index contributed by atoms with van der Waals surface area (Å²) in [6.45, 7) is 4.27. The third-order valence-corrected chi connectivity index (χ3v) is 3.86. The van der Waals surface area contributed by atoms with Crippen molar-refractivity contribution < 1.29 is 19.0 Å². The number of rotatable bonds is 7. The molecular weight excluding hydrogens is 330 g/mol. The number of pyridine rings is 1. The Morgan fingerprint density at radius 2 is 1.81 bits per heavy atom. The Bertz CT molecular complexity index is 904. The fourth-order valence-corrected chi connectivity index (χ4v) is 2.60. The third kappa shape index (κ3) is 3.94. The molecule has 0 aliphatic rings. The SMILES string of the molecule is COc1ccc2ncc(COc3ccc(C=O)cc3)c(OC(C)C)c2c1. The lowest BCUT2D eigenvalue weighted by Gasteiger charge is -2.17. The van der Waals surface area contributed by atoms with E-state index in [0.29, 0.717) is 17.9 Å². The highest BCUT2D eigenvalue weighted by atomic mass is 16.5. The summed E-state index contributed by atoms with van der Waals surface area (Å²) in [5, 5.41) is 0.885. The summed E-state index contributed by atoms with van der Waals surface area (Å²) < 4.78 is 17.2. The number of methoxy groups -OCH3 is 1. The van der Waals surface area contributed by atoms with Gasteiger partial charge in [-0.05, 0) is 56.3 Å². The third-order valence-electron chi connectivity index (χ3n) is 3.86. The summed E-state index contributed by atoms with van der Waals surface area (Å²) in [7, 11) is 1.63. The maximum atomic E-state index is 10.7. The molecule has 0 atom stereocenters. The molecule has 0 amide bonds. The highest BCUT2D eigenvalue weighted by Crippen LogP contribution is 2.32. The summed E-state index contributed by atoms with van der Waals surface area (Å²) in [5.74, 6) is 2.17. The van der Waals surface area contributed by atoms with Crippen LogP contribution in [0, 0.1) is 0 Å². The van der Waals surface area contributed by atoms with Gasteiger partial charge in [-0.3, -0.25) is 9.78 Å². The molecule has 134 valence electrons. The molecule has 3 rings (SSSR count). The molecule has 5 nitrogen and oxygen atoms in total. The van der Waals surface area contributed by atoms with Gasteiger partial charge in [0.15, 0.2) is 0 Å². The quantitative estimate of drug-likeness (QED) is 0.590. The van der Waals surface area contributed by atoms with Crippen LogP contribution in [0.2, 0.25) is 0 Å². The largest absolute Gasteiger partial charge is 0.497 e. The summed E-state index contributed by atoms with van der Waals surface area (Å²) >= 11 is 0. The minimum atomic E-state index is 0.0115. The minimum absolute atomic E-state index is 0.0115. The van der Waals surface area contributed by atoms with Crippen molar-refractivity contribution in [2.24, 2.45) is 0 Å². The average Bonchev–Trinajstić information content (AvgIpc) is 2.67. The molecule has 0 N–H and O–H groups in total. The first kappa shape index (κ1) is 17.7. The van der Waals surface area contributed by atoms with Crippen LogP contribution in [0.25, 0.3) is 10.9 Å². The van der Waals surface area contributed by atoms with E-state index in [1.807, 2.05) is 32.0 Å². The van der Waals surface area contributed by atoms with Gasteiger partial charge in [-0.1, -0.05) is 0 Å². The Morgan fingerprint density at radius 1 is 1.08 bits per heavy atom. The van der Waals surface area contributed by atoms with Crippen LogP contribution >= 0.6 is 0 Å². The molecule has 0 bridgehead atoms. The zero-order valence-corrected chi connectivity index (χ0v) is 15.1. The van der Waals surface area contributed by atoms with Gasteiger partial charge in [0.25, 0.3) is 0 Å². The zero-order chi connectivity index (χ0) is 18.5. The first-order chi connectivity index (χ1) is 12.6. The number of benzene rings is 2. The van der Waals surface area contributed by atoms with E-state index in [0.717, 1.165) is 34.3 Å².